The third kappa shape index (κ3) is 3.61. The van der Waals surface area contributed by atoms with Gasteiger partial charge in [0.2, 0.25) is 0 Å². The molecule has 0 radical (unpaired) electrons. The minimum atomic E-state index is -4.52. The van der Waals surface area contributed by atoms with Crippen molar-refractivity contribution >= 4 is 46.2 Å². The molecule has 0 spiro atoms. The van der Waals surface area contributed by atoms with Gasteiger partial charge in [-0.1, -0.05) is 23.2 Å². The van der Waals surface area contributed by atoms with Crippen molar-refractivity contribution in [1.82, 2.24) is 5.01 Å². The molecule has 100 valence electrons. The number of hydrogen-bond donors (Lipinski definition) is 2. The summed E-state index contributed by atoms with van der Waals surface area (Å²) in [6, 6.07) is 1.52. The van der Waals surface area contributed by atoms with Crippen LogP contribution in [0.25, 0.3) is 0 Å². The van der Waals surface area contributed by atoms with E-state index in [2.05, 4.69) is 5.32 Å². The molecule has 0 atom stereocenters. The van der Waals surface area contributed by atoms with E-state index in [1.165, 1.54) is 7.05 Å². The lowest BCUT2D eigenvalue weighted by molar-refractivity contribution is -0.137. The molecule has 1 rings (SSSR count). The Labute approximate surface area is 117 Å². The highest BCUT2D eigenvalue weighted by atomic mass is 35.5. The van der Waals surface area contributed by atoms with Crippen LogP contribution in [0.4, 0.5) is 18.9 Å². The minimum Gasteiger partial charge on any atom is -0.329 e. The Hall–Kier alpha value is -0.760. The number of benzene rings is 1. The third-order valence-electron chi connectivity index (χ3n) is 1.92. The van der Waals surface area contributed by atoms with Crippen molar-refractivity contribution < 1.29 is 13.2 Å². The second-order valence-corrected chi connectivity index (χ2v) is 4.55. The number of anilines is 1. The first-order valence-corrected chi connectivity index (χ1v) is 5.65. The summed E-state index contributed by atoms with van der Waals surface area (Å²) in [5.41, 5.74) is -0.858. The molecule has 0 saturated heterocycles. The Balaban J connectivity index is 3.14. The fraction of sp³-hybridized carbons (Fsp3) is 0.222. The number of hydrazine groups is 1. The lowest BCUT2D eigenvalue weighted by Gasteiger charge is -2.18. The fourth-order valence-corrected chi connectivity index (χ4v) is 1.73. The molecule has 0 fully saturated rings. The van der Waals surface area contributed by atoms with E-state index in [9.17, 15) is 13.2 Å². The molecular weight excluding hydrogens is 310 g/mol. The molecule has 0 aliphatic rings. The van der Waals surface area contributed by atoms with Gasteiger partial charge in [-0.05, 0) is 24.4 Å². The van der Waals surface area contributed by atoms with Gasteiger partial charge in [-0.2, -0.15) is 13.2 Å². The fourth-order valence-electron chi connectivity index (χ4n) is 1.05. The maximum Gasteiger partial charge on any atom is 0.416 e. The number of nitrogens with zero attached hydrogens (tertiary/aromatic N) is 1. The molecule has 0 heterocycles. The highest BCUT2D eigenvalue weighted by molar-refractivity contribution is 7.80. The van der Waals surface area contributed by atoms with E-state index in [1.807, 2.05) is 0 Å². The first kappa shape index (κ1) is 15.3. The maximum absolute atomic E-state index is 12.5. The van der Waals surface area contributed by atoms with Crippen LogP contribution < -0.4 is 11.2 Å². The molecule has 0 aromatic heterocycles. The summed E-state index contributed by atoms with van der Waals surface area (Å²) in [4.78, 5) is 0. The summed E-state index contributed by atoms with van der Waals surface area (Å²) in [5, 5.41) is 3.30. The van der Waals surface area contributed by atoms with Gasteiger partial charge >= 0.3 is 6.18 Å². The summed E-state index contributed by atoms with van der Waals surface area (Å²) in [5.74, 6) is 5.35. The van der Waals surface area contributed by atoms with E-state index in [-0.39, 0.29) is 20.8 Å². The predicted octanol–water partition coefficient (Wildman–Crippen LogP) is 3.51. The third-order valence-corrected chi connectivity index (χ3v) is 2.91. The zero-order chi connectivity index (χ0) is 14.1. The summed E-state index contributed by atoms with van der Waals surface area (Å²) >= 11 is 16.3. The number of thiocarbonyl (C=S) groups is 1. The number of hydrogen-bond acceptors (Lipinski definition) is 2. The summed E-state index contributed by atoms with van der Waals surface area (Å²) in [6.07, 6.45) is -4.52. The molecule has 0 amide bonds. The van der Waals surface area contributed by atoms with Crippen molar-refractivity contribution in [1.29, 1.82) is 0 Å². The van der Waals surface area contributed by atoms with E-state index in [1.54, 1.807) is 0 Å². The zero-order valence-electron chi connectivity index (χ0n) is 8.98. The SMILES string of the molecule is CN(N)C(=S)Nc1c(Cl)cc(C(F)(F)F)cc1Cl. The summed E-state index contributed by atoms with van der Waals surface area (Å²) in [7, 11) is 1.46. The number of nitrogens with one attached hydrogen (secondary N) is 1. The molecular formula is C9H8Cl2F3N3S. The van der Waals surface area contributed by atoms with E-state index >= 15 is 0 Å². The first-order valence-electron chi connectivity index (χ1n) is 4.48. The van der Waals surface area contributed by atoms with Gasteiger partial charge in [0, 0.05) is 7.05 Å². The summed E-state index contributed by atoms with van der Waals surface area (Å²) < 4.78 is 37.4. The van der Waals surface area contributed by atoms with Crippen LogP contribution in [0.5, 0.6) is 0 Å². The Kier molecular flexibility index (Phi) is 4.66. The van der Waals surface area contributed by atoms with Crippen LogP contribution in [-0.2, 0) is 6.18 Å². The van der Waals surface area contributed by atoms with Crippen molar-refractivity contribution in [2.75, 3.05) is 12.4 Å². The second kappa shape index (κ2) is 5.48. The molecule has 0 aliphatic carbocycles. The normalized spacial score (nSPS) is 11.3. The monoisotopic (exact) mass is 317 g/mol. The Bertz CT molecular complexity index is 454. The van der Waals surface area contributed by atoms with E-state index in [0.717, 1.165) is 17.1 Å². The van der Waals surface area contributed by atoms with Crippen molar-refractivity contribution in [3.63, 3.8) is 0 Å². The average Bonchev–Trinajstić information content (AvgIpc) is 2.21. The smallest absolute Gasteiger partial charge is 0.329 e. The van der Waals surface area contributed by atoms with Crippen molar-refractivity contribution in [2.24, 2.45) is 5.84 Å². The van der Waals surface area contributed by atoms with Crippen LogP contribution in [0, 0.1) is 0 Å². The van der Waals surface area contributed by atoms with Gasteiger partial charge in [-0.25, -0.2) is 5.84 Å². The van der Waals surface area contributed by atoms with Crippen molar-refractivity contribution in [2.45, 2.75) is 6.18 Å². The molecule has 1 aromatic carbocycles. The van der Waals surface area contributed by atoms with Crippen LogP contribution in [0.2, 0.25) is 10.0 Å². The highest BCUT2D eigenvalue weighted by Crippen LogP contribution is 2.38. The van der Waals surface area contributed by atoms with Crippen LogP contribution in [0.3, 0.4) is 0 Å². The number of nitrogens with two attached hydrogens (primary N) is 1. The Morgan fingerprint density at radius 1 is 1.33 bits per heavy atom. The molecule has 9 heteroatoms. The first-order chi connectivity index (χ1) is 8.12. The lowest BCUT2D eigenvalue weighted by atomic mass is 10.2. The number of rotatable bonds is 1. The maximum atomic E-state index is 12.5. The minimum absolute atomic E-state index is 0.0681. The van der Waals surface area contributed by atoms with Gasteiger partial charge in [0.1, 0.15) is 0 Å². The van der Waals surface area contributed by atoms with Crippen LogP contribution in [0.15, 0.2) is 12.1 Å². The number of halogens is 5. The molecule has 0 bridgehead atoms. The molecule has 3 nitrogen and oxygen atoms in total. The quantitative estimate of drug-likeness (QED) is 0.472. The van der Waals surface area contributed by atoms with E-state index in [4.69, 9.17) is 41.3 Å². The predicted molar refractivity (Wildman–Crippen MR) is 69.6 cm³/mol. The summed E-state index contributed by atoms with van der Waals surface area (Å²) in [6.45, 7) is 0. The van der Waals surface area contributed by atoms with Crippen LogP contribution in [-0.4, -0.2) is 17.2 Å². The largest absolute Gasteiger partial charge is 0.416 e. The lowest BCUT2D eigenvalue weighted by Crippen LogP contribution is -2.36. The van der Waals surface area contributed by atoms with E-state index < -0.39 is 11.7 Å². The van der Waals surface area contributed by atoms with Gasteiger partial charge in [0.15, 0.2) is 5.11 Å². The van der Waals surface area contributed by atoms with Crippen molar-refractivity contribution in [3.05, 3.63) is 27.7 Å². The van der Waals surface area contributed by atoms with Gasteiger partial charge in [0.05, 0.1) is 21.3 Å². The Morgan fingerprint density at radius 3 is 2.11 bits per heavy atom. The topological polar surface area (TPSA) is 41.3 Å². The molecule has 1 aromatic rings. The average molecular weight is 318 g/mol. The van der Waals surface area contributed by atoms with Crippen LogP contribution in [0.1, 0.15) is 5.56 Å². The Morgan fingerprint density at radius 2 is 1.78 bits per heavy atom. The van der Waals surface area contributed by atoms with Crippen molar-refractivity contribution in [3.8, 4) is 0 Å². The number of alkyl halides is 3. The molecule has 0 aliphatic heterocycles. The van der Waals surface area contributed by atoms with E-state index in [0.29, 0.717) is 0 Å². The highest BCUT2D eigenvalue weighted by Gasteiger charge is 2.32. The van der Waals surface area contributed by atoms with Gasteiger partial charge in [-0.15, -0.1) is 0 Å². The molecule has 0 saturated carbocycles. The second-order valence-electron chi connectivity index (χ2n) is 3.35. The van der Waals surface area contributed by atoms with Gasteiger partial charge in [0.25, 0.3) is 0 Å². The molecule has 18 heavy (non-hydrogen) atoms. The zero-order valence-corrected chi connectivity index (χ0v) is 11.3. The van der Waals surface area contributed by atoms with Gasteiger partial charge in [-0.3, -0.25) is 5.01 Å². The molecule has 0 unspecified atom stereocenters. The van der Waals surface area contributed by atoms with Crippen LogP contribution >= 0.6 is 35.4 Å². The standard InChI is InChI=1S/C9H8Cl2F3N3S/c1-17(15)8(18)16-7-5(10)2-4(3-6(7)11)9(12,13)14/h2-3H,15H2,1H3,(H,16,18). The molecule has 3 N–H and O–H groups in total. The van der Waals surface area contributed by atoms with Gasteiger partial charge < -0.3 is 5.32 Å².